The minimum absolute atomic E-state index is 0.108. The van der Waals surface area contributed by atoms with Gasteiger partial charge in [-0.3, -0.25) is 24.5 Å². The summed E-state index contributed by atoms with van der Waals surface area (Å²) in [4.78, 5) is 54.1. The van der Waals surface area contributed by atoms with Crippen LogP contribution in [-0.2, 0) is 25.6 Å². The lowest BCUT2D eigenvalue weighted by Crippen LogP contribution is -2.46. The Balaban J connectivity index is 1.80. The summed E-state index contributed by atoms with van der Waals surface area (Å²) in [7, 11) is 0. The predicted octanol–water partition coefficient (Wildman–Crippen LogP) is 2.77. The molecule has 152 valence electrons. The number of aromatic nitrogens is 1. The molecule has 1 aromatic carbocycles. The molecule has 0 spiro atoms. The fourth-order valence-corrected chi connectivity index (χ4v) is 3.95. The second-order valence-corrected chi connectivity index (χ2v) is 7.82. The highest BCUT2D eigenvalue weighted by atomic mass is 32.1. The minimum Gasteiger partial charge on any atom is -0.481 e. The van der Waals surface area contributed by atoms with E-state index in [1.807, 2.05) is 6.92 Å². The highest BCUT2D eigenvalue weighted by Crippen LogP contribution is 2.29. The van der Waals surface area contributed by atoms with Crippen LogP contribution in [0.15, 0.2) is 29.6 Å². The average molecular weight is 415 g/mol. The second kappa shape index (κ2) is 8.95. The Morgan fingerprint density at radius 2 is 1.83 bits per heavy atom. The summed E-state index contributed by atoms with van der Waals surface area (Å²) in [6.07, 6.45) is 2.95. The standard InChI is InChI=1S/C20H21N3O5S/c1-12-6-8-15(9-7-12)23(18(27)13-4-2-3-5-13)19(28)17(26)22-20-21-14(11-29-20)10-16(24)25/h6-9,11,13H,2-5,10H2,1H3,(H,24,25)(H,21,22,26). The molecule has 0 aliphatic heterocycles. The number of rotatable bonds is 5. The molecule has 2 N–H and O–H groups in total. The van der Waals surface area contributed by atoms with Gasteiger partial charge in [-0.25, -0.2) is 9.88 Å². The molecule has 29 heavy (non-hydrogen) atoms. The molecule has 1 aromatic heterocycles. The average Bonchev–Trinajstić information content (AvgIpc) is 3.35. The van der Waals surface area contributed by atoms with Crippen LogP contribution in [0.2, 0.25) is 0 Å². The topological polar surface area (TPSA) is 117 Å². The SMILES string of the molecule is Cc1ccc(N(C(=O)C(=O)Nc2nc(CC(=O)O)cs2)C(=O)C2CCCC2)cc1. The van der Waals surface area contributed by atoms with E-state index in [1.54, 1.807) is 24.3 Å². The number of aryl methyl sites for hydroxylation is 1. The van der Waals surface area contributed by atoms with Crippen LogP contribution in [0.5, 0.6) is 0 Å². The summed E-state index contributed by atoms with van der Waals surface area (Å²) in [6, 6.07) is 6.83. The first kappa shape index (κ1) is 20.7. The fourth-order valence-electron chi connectivity index (χ4n) is 3.25. The van der Waals surface area contributed by atoms with Crippen molar-refractivity contribution in [2.24, 2.45) is 5.92 Å². The van der Waals surface area contributed by atoms with Crippen LogP contribution >= 0.6 is 11.3 Å². The Hall–Kier alpha value is -3.07. The second-order valence-electron chi connectivity index (χ2n) is 6.96. The number of aliphatic carboxylic acids is 1. The van der Waals surface area contributed by atoms with Crippen molar-refractivity contribution in [1.82, 2.24) is 4.98 Å². The first-order chi connectivity index (χ1) is 13.8. The summed E-state index contributed by atoms with van der Waals surface area (Å²) in [6.45, 7) is 1.89. The third-order valence-corrected chi connectivity index (χ3v) is 5.53. The van der Waals surface area contributed by atoms with Crippen molar-refractivity contribution in [3.8, 4) is 0 Å². The zero-order valence-electron chi connectivity index (χ0n) is 15.9. The molecule has 1 fully saturated rings. The fraction of sp³-hybridized carbons (Fsp3) is 0.350. The third-order valence-electron chi connectivity index (χ3n) is 4.72. The number of thiazole rings is 1. The number of amides is 3. The number of carbonyl (C=O) groups is 4. The normalized spacial score (nSPS) is 13.8. The molecule has 0 bridgehead atoms. The maximum atomic E-state index is 13.0. The van der Waals surface area contributed by atoms with E-state index in [2.05, 4.69) is 10.3 Å². The zero-order chi connectivity index (χ0) is 21.0. The number of nitrogens with one attached hydrogen (secondary N) is 1. The Kier molecular flexibility index (Phi) is 6.38. The number of hydrogen-bond donors (Lipinski definition) is 2. The molecule has 9 heteroatoms. The molecule has 1 heterocycles. The van der Waals surface area contributed by atoms with Gasteiger partial charge in [0.05, 0.1) is 17.8 Å². The van der Waals surface area contributed by atoms with Crippen LogP contribution < -0.4 is 10.2 Å². The van der Waals surface area contributed by atoms with Crippen molar-refractivity contribution in [1.29, 1.82) is 0 Å². The van der Waals surface area contributed by atoms with Gasteiger partial charge < -0.3 is 5.11 Å². The first-order valence-electron chi connectivity index (χ1n) is 9.27. The van der Waals surface area contributed by atoms with Crippen LogP contribution in [0.3, 0.4) is 0 Å². The summed E-state index contributed by atoms with van der Waals surface area (Å²) in [5.74, 6) is -3.68. The van der Waals surface area contributed by atoms with Crippen LogP contribution in [0.4, 0.5) is 10.8 Å². The van der Waals surface area contributed by atoms with E-state index in [9.17, 15) is 19.2 Å². The van der Waals surface area contributed by atoms with E-state index in [0.717, 1.165) is 34.6 Å². The molecule has 1 aliphatic carbocycles. The quantitative estimate of drug-likeness (QED) is 0.725. The molecular formula is C20H21N3O5S. The van der Waals surface area contributed by atoms with Gasteiger partial charge in [-0.05, 0) is 31.9 Å². The summed E-state index contributed by atoms with van der Waals surface area (Å²) in [5.41, 5.74) is 1.59. The lowest BCUT2D eigenvalue weighted by atomic mass is 10.1. The largest absolute Gasteiger partial charge is 0.481 e. The summed E-state index contributed by atoms with van der Waals surface area (Å²) in [5, 5.41) is 12.8. The molecule has 3 amide bonds. The van der Waals surface area contributed by atoms with Gasteiger partial charge in [0.25, 0.3) is 0 Å². The summed E-state index contributed by atoms with van der Waals surface area (Å²) < 4.78 is 0. The van der Waals surface area contributed by atoms with Crippen LogP contribution in [0.1, 0.15) is 36.9 Å². The van der Waals surface area contributed by atoms with Gasteiger partial charge in [0.1, 0.15) is 0 Å². The number of imide groups is 1. The first-order valence-corrected chi connectivity index (χ1v) is 10.1. The molecule has 0 unspecified atom stereocenters. The number of benzene rings is 1. The van der Waals surface area contributed by atoms with Gasteiger partial charge in [0.2, 0.25) is 5.91 Å². The number of carbonyl (C=O) groups excluding carboxylic acids is 3. The number of carboxylic acid groups (broad SMARTS) is 1. The highest BCUT2D eigenvalue weighted by molar-refractivity contribution is 7.14. The van der Waals surface area contributed by atoms with Gasteiger partial charge in [-0.1, -0.05) is 30.5 Å². The zero-order valence-corrected chi connectivity index (χ0v) is 16.7. The summed E-state index contributed by atoms with van der Waals surface area (Å²) >= 11 is 1.02. The van der Waals surface area contributed by atoms with Crippen molar-refractivity contribution in [2.75, 3.05) is 10.2 Å². The monoisotopic (exact) mass is 415 g/mol. The van der Waals surface area contributed by atoms with Crippen molar-refractivity contribution >= 4 is 45.8 Å². The van der Waals surface area contributed by atoms with Gasteiger partial charge in [0, 0.05) is 11.3 Å². The van der Waals surface area contributed by atoms with Gasteiger partial charge in [-0.15, -0.1) is 11.3 Å². The smallest absolute Gasteiger partial charge is 0.323 e. The molecule has 0 radical (unpaired) electrons. The Labute approximate surface area is 171 Å². The Bertz CT molecular complexity index is 932. The van der Waals surface area contributed by atoms with E-state index in [1.165, 1.54) is 5.38 Å². The van der Waals surface area contributed by atoms with E-state index >= 15 is 0 Å². The molecule has 0 atom stereocenters. The Morgan fingerprint density at radius 3 is 2.45 bits per heavy atom. The van der Waals surface area contributed by atoms with E-state index < -0.39 is 17.8 Å². The number of carboxylic acids is 1. The van der Waals surface area contributed by atoms with E-state index in [-0.39, 0.29) is 29.1 Å². The van der Waals surface area contributed by atoms with Crippen molar-refractivity contribution < 1.29 is 24.3 Å². The number of hydrogen-bond acceptors (Lipinski definition) is 6. The van der Waals surface area contributed by atoms with Crippen molar-refractivity contribution in [3.05, 3.63) is 40.9 Å². The third kappa shape index (κ3) is 5.05. The van der Waals surface area contributed by atoms with E-state index in [0.29, 0.717) is 18.5 Å². The predicted molar refractivity (Wildman–Crippen MR) is 108 cm³/mol. The van der Waals surface area contributed by atoms with Crippen LogP contribution in [-0.4, -0.2) is 33.8 Å². The molecule has 8 nitrogen and oxygen atoms in total. The van der Waals surface area contributed by atoms with Gasteiger partial charge >= 0.3 is 17.8 Å². The van der Waals surface area contributed by atoms with Crippen LogP contribution in [0.25, 0.3) is 0 Å². The maximum absolute atomic E-state index is 13.0. The van der Waals surface area contributed by atoms with Crippen LogP contribution in [0, 0.1) is 12.8 Å². The number of anilines is 2. The molecule has 1 aliphatic rings. The molecule has 0 saturated heterocycles. The highest BCUT2D eigenvalue weighted by Gasteiger charge is 2.35. The Morgan fingerprint density at radius 1 is 1.17 bits per heavy atom. The lowest BCUT2D eigenvalue weighted by molar-refractivity contribution is -0.138. The molecule has 3 rings (SSSR count). The van der Waals surface area contributed by atoms with Gasteiger partial charge in [0.15, 0.2) is 5.13 Å². The molecular weight excluding hydrogens is 394 g/mol. The van der Waals surface area contributed by atoms with Crippen molar-refractivity contribution in [2.45, 2.75) is 39.0 Å². The maximum Gasteiger partial charge on any atom is 0.323 e. The molecule has 1 saturated carbocycles. The van der Waals surface area contributed by atoms with Gasteiger partial charge in [-0.2, -0.15) is 0 Å². The lowest BCUT2D eigenvalue weighted by Gasteiger charge is -2.23. The minimum atomic E-state index is -1.04. The van der Waals surface area contributed by atoms with Crippen molar-refractivity contribution in [3.63, 3.8) is 0 Å². The van der Waals surface area contributed by atoms with E-state index in [4.69, 9.17) is 5.11 Å². The molecule has 2 aromatic rings. The number of nitrogens with zero attached hydrogens (tertiary/aromatic N) is 2.